The average molecular weight is 392 g/mol. The van der Waals surface area contributed by atoms with E-state index in [9.17, 15) is 10.1 Å². The van der Waals surface area contributed by atoms with Crippen LogP contribution in [0.3, 0.4) is 0 Å². The fraction of sp³-hybridized carbons (Fsp3) is 0.0556. The molecule has 132 valence electrons. The van der Waals surface area contributed by atoms with Gasteiger partial charge in [-0.2, -0.15) is 10.5 Å². The molecule has 0 amide bonds. The normalized spacial score (nSPS) is 10.6. The van der Waals surface area contributed by atoms with Crippen LogP contribution in [0.1, 0.15) is 11.1 Å². The van der Waals surface area contributed by atoms with Gasteiger partial charge in [0, 0.05) is 27.8 Å². The Balaban J connectivity index is 1.63. The van der Waals surface area contributed by atoms with Gasteiger partial charge in [-0.05, 0) is 28.3 Å². The molecule has 3 aromatic heterocycles. The number of hydrogen-bond donors (Lipinski definition) is 2. The Kier molecular flexibility index (Phi) is 4.82. The van der Waals surface area contributed by atoms with Gasteiger partial charge in [-0.25, -0.2) is 0 Å². The Bertz CT molecular complexity index is 1160. The van der Waals surface area contributed by atoms with Gasteiger partial charge in [0.05, 0.1) is 10.6 Å². The third-order valence-electron chi connectivity index (χ3n) is 3.82. The molecule has 7 nitrogen and oxygen atoms in total. The number of aromatic nitrogens is 5. The van der Waals surface area contributed by atoms with Crippen molar-refractivity contribution in [2.45, 2.75) is 10.8 Å². The Morgan fingerprint density at radius 3 is 2.89 bits per heavy atom. The number of nitrogens with zero attached hydrogens (tertiary/aromatic N) is 4. The van der Waals surface area contributed by atoms with Gasteiger partial charge < -0.3 is 4.98 Å². The number of pyridine rings is 1. The van der Waals surface area contributed by atoms with Gasteiger partial charge in [0.15, 0.2) is 0 Å². The summed E-state index contributed by atoms with van der Waals surface area (Å²) in [5.41, 5.74) is 2.80. The zero-order valence-corrected chi connectivity index (χ0v) is 15.5. The summed E-state index contributed by atoms with van der Waals surface area (Å²) >= 11 is 2.92. The maximum absolute atomic E-state index is 12.1. The highest BCUT2D eigenvalue weighted by molar-refractivity contribution is 7.98. The molecule has 4 rings (SSSR count). The van der Waals surface area contributed by atoms with Gasteiger partial charge in [-0.3, -0.25) is 4.79 Å². The summed E-state index contributed by atoms with van der Waals surface area (Å²) in [4.78, 5) is 15.8. The third-order valence-corrected chi connectivity index (χ3v) is 5.80. The van der Waals surface area contributed by atoms with Crippen molar-refractivity contribution in [1.29, 1.82) is 5.26 Å². The second-order valence-electron chi connectivity index (χ2n) is 5.56. The lowest BCUT2D eigenvalue weighted by Gasteiger charge is -2.08. The third kappa shape index (κ3) is 3.67. The van der Waals surface area contributed by atoms with Crippen LogP contribution >= 0.6 is 23.1 Å². The molecule has 4 aromatic rings. The molecule has 0 saturated heterocycles. The van der Waals surface area contributed by atoms with E-state index in [0.29, 0.717) is 27.7 Å². The minimum absolute atomic E-state index is 0.222. The van der Waals surface area contributed by atoms with Crippen LogP contribution in [0.15, 0.2) is 57.7 Å². The van der Waals surface area contributed by atoms with Gasteiger partial charge >= 0.3 is 0 Å². The molecule has 1 aromatic carbocycles. The molecule has 0 bridgehead atoms. The zero-order valence-electron chi connectivity index (χ0n) is 13.8. The first-order valence-corrected chi connectivity index (χ1v) is 9.78. The van der Waals surface area contributed by atoms with Gasteiger partial charge in [-0.1, -0.05) is 24.3 Å². The van der Waals surface area contributed by atoms with Crippen LogP contribution in [0.4, 0.5) is 0 Å². The molecule has 0 aliphatic carbocycles. The molecular weight excluding hydrogens is 380 g/mol. The van der Waals surface area contributed by atoms with Crippen LogP contribution in [0.5, 0.6) is 0 Å². The molecule has 0 radical (unpaired) electrons. The van der Waals surface area contributed by atoms with Gasteiger partial charge in [0.25, 0.3) is 0 Å². The molecule has 0 saturated carbocycles. The van der Waals surface area contributed by atoms with Crippen molar-refractivity contribution in [3.8, 4) is 27.9 Å². The fourth-order valence-electron chi connectivity index (χ4n) is 2.62. The lowest BCUT2D eigenvalue weighted by molar-refractivity contribution is 0.881. The van der Waals surface area contributed by atoms with Crippen molar-refractivity contribution < 1.29 is 0 Å². The van der Waals surface area contributed by atoms with E-state index >= 15 is 0 Å². The van der Waals surface area contributed by atoms with E-state index in [1.807, 2.05) is 41.8 Å². The minimum Gasteiger partial charge on any atom is -0.316 e. The van der Waals surface area contributed by atoms with Crippen LogP contribution in [-0.2, 0) is 5.75 Å². The molecule has 0 unspecified atom stereocenters. The van der Waals surface area contributed by atoms with Crippen molar-refractivity contribution in [1.82, 2.24) is 25.6 Å². The molecule has 2 N–H and O–H groups in total. The molecule has 3 heterocycles. The van der Waals surface area contributed by atoms with Gasteiger partial charge in [-0.15, -0.1) is 33.3 Å². The zero-order chi connectivity index (χ0) is 18.6. The Morgan fingerprint density at radius 1 is 1.22 bits per heavy atom. The smallest absolute Gasteiger partial charge is 0.249 e. The van der Waals surface area contributed by atoms with Crippen molar-refractivity contribution in [2.75, 3.05) is 0 Å². The molecule has 9 heteroatoms. The maximum Gasteiger partial charge on any atom is 0.249 e. The second kappa shape index (κ2) is 7.57. The van der Waals surface area contributed by atoms with Crippen molar-refractivity contribution in [2.24, 2.45) is 0 Å². The monoisotopic (exact) mass is 392 g/mol. The van der Waals surface area contributed by atoms with Crippen molar-refractivity contribution in [3.05, 3.63) is 69.3 Å². The fourth-order valence-corrected chi connectivity index (χ4v) is 4.33. The molecule has 0 atom stereocenters. The largest absolute Gasteiger partial charge is 0.316 e. The Hall–Kier alpha value is -3.22. The minimum atomic E-state index is -0.222. The van der Waals surface area contributed by atoms with E-state index in [1.165, 1.54) is 29.2 Å². The molecular formula is C18H12N6OS2. The van der Waals surface area contributed by atoms with Crippen molar-refractivity contribution >= 4 is 23.1 Å². The summed E-state index contributed by atoms with van der Waals surface area (Å²) in [5, 5.41) is 26.1. The topological polar surface area (TPSA) is 111 Å². The van der Waals surface area contributed by atoms with E-state index in [0.717, 1.165) is 16.0 Å². The van der Waals surface area contributed by atoms with Crippen molar-refractivity contribution in [3.63, 3.8) is 0 Å². The number of aromatic amines is 2. The number of thioether (sulfide) groups is 1. The van der Waals surface area contributed by atoms with E-state index in [-0.39, 0.29) is 5.56 Å². The number of H-pyrrole nitrogens is 2. The number of tetrazole rings is 1. The first-order valence-electron chi connectivity index (χ1n) is 7.91. The number of thiophene rings is 1. The summed E-state index contributed by atoms with van der Waals surface area (Å²) in [5.74, 6) is 1.11. The second-order valence-corrected chi connectivity index (χ2v) is 7.50. The standard InChI is InChI=1S/C18H12N6OS2/c19-9-14-13(15-5-2-6-26-15)8-16(25)20-18(14)27-10-11-3-1-4-12(7-11)17-21-23-24-22-17/h1-8H,10H2,(H,20,25)(H,21,22,23,24). The lowest BCUT2D eigenvalue weighted by atomic mass is 10.1. The van der Waals surface area contributed by atoms with E-state index in [4.69, 9.17) is 0 Å². The van der Waals surface area contributed by atoms with Crippen LogP contribution in [-0.4, -0.2) is 25.6 Å². The van der Waals surface area contributed by atoms with E-state index in [2.05, 4.69) is 31.7 Å². The number of nitrogens with one attached hydrogen (secondary N) is 2. The lowest BCUT2D eigenvalue weighted by Crippen LogP contribution is -2.08. The summed E-state index contributed by atoms with van der Waals surface area (Å²) in [6.07, 6.45) is 0. The van der Waals surface area contributed by atoms with E-state index < -0.39 is 0 Å². The number of nitriles is 1. The van der Waals surface area contributed by atoms with Crippen LogP contribution in [0.2, 0.25) is 0 Å². The highest BCUT2D eigenvalue weighted by Gasteiger charge is 2.14. The van der Waals surface area contributed by atoms with Gasteiger partial charge in [0.1, 0.15) is 6.07 Å². The number of hydrogen-bond acceptors (Lipinski definition) is 7. The first-order chi connectivity index (χ1) is 13.2. The predicted octanol–water partition coefficient (Wildman–Crippen LogP) is 3.45. The molecule has 27 heavy (non-hydrogen) atoms. The first kappa shape index (κ1) is 17.2. The Morgan fingerprint density at radius 2 is 2.15 bits per heavy atom. The number of rotatable bonds is 5. The summed E-state index contributed by atoms with van der Waals surface area (Å²) in [7, 11) is 0. The molecule has 0 fully saturated rings. The summed E-state index contributed by atoms with van der Waals surface area (Å²) < 4.78 is 0. The quantitative estimate of drug-likeness (QED) is 0.503. The highest BCUT2D eigenvalue weighted by atomic mass is 32.2. The average Bonchev–Trinajstić information content (AvgIpc) is 3.40. The van der Waals surface area contributed by atoms with Crippen LogP contribution in [0, 0.1) is 11.3 Å². The SMILES string of the molecule is N#Cc1c(-c2cccs2)cc(=O)[nH]c1SCc1cccc(-c2nn[nH]n2)c1. The molecule has 0 aliphatic heterocycles. The molecule has 0 spiro atoms. The highest BCUT2D eigenvalue weighted by Crippen LogP contribution is 2.32. The summed E-state index contributed by atoms with van der Waals surface area (Å²) in [6, 6.07) is 15.3. The maximum atomic E-state index is 12.1. The number of benzene rings is 1. The van der Waals surface area contributed by atoms with E-state index in [1.54, 1.807) is 0 Å². The predicted molar refractivity (Wildman–Crippen MR) is 104 cm³/mol. The van der Waals surface area contributed by atoms with Gasteiger partial charge in [0.2, 0.25) is 11.4 Å². The molecule has 0 aliphatic rings. The van der Waals surface area contributed by atoms with Crippen LogP contribution in [0.25, 0.3) is 21.8 Å². The summed E-state index contributed by atoms with van der Waals surface area (Å²) in [6.45, 7) is 0. The van der Waals surface area contributed by atoms with Crippen LogP contribution < -0.4 is 5.56 Å². The Labute approximate surface area is 162 Å².